The molecule has 0 saturated carbocycles. The number of pyridine rings is 1. The largest absolute Gasteiger partial charge is 0.490 e. The second kappa shape index (κ2) is 13.9. The van der Waals surface area contributed by atoms with Crippen molar-refractivity contribution in [2.24, 2.45) is 5.16 Å². The first-order valence-corrected chi connectivity index (χ1v) is 11.3. The van der Waals surface area contributed by atoms with Crippen LogP contribution in [0, 0.1) is 0 Å². The zero-order chi connectivity index (χ0) is 22.6. The van der Waals surface area contributed by atoms with Gasteiger partial charge in [-0.25, -0.2) is 4.98 Å². The molecule has 0 radical (unpaired) electrons. The fourth-order valence-electron chi connectivity index (χ4n) is 2.36. The molecule has 5 nitrogen and oxygen atoms in total. The molecule has 31 heavy (non-hydrogen) atoms. The van der Waals surface area contributed by atoms with Crippen LogP contribution in [0.25, 0.3) is 0 Å². The summed E-state index contributed by atoms with van der Waals surface area (Å²) in [7, 11) is 0. The molecule has 1 aromatic heterocycles. The quantitative estimate of drug-likeness (QED) is 0.123. The number of rotatable bonds is 12. The van der Waals surface area contributed by atoms with Crippen molar-refractivity contribution in [2.75, 3.05) is 19.8 Å². The van der Waals surface area contributed by atoms with Crippen molar-refractivity contribution in [1.29, 1.82) is 0 Å². The number of oxime groups is 1. The van der Waals surface area contributed by atoms with E-state index in [2.05, 4.69) is 10.1 Å². The molecule has 0 aliphatic rings. The summed E-state index contributed by atoms with van der Waals surface area (Å²) in [6.07, 6.45) is 5.73. The highest BCUT2D eigenvalue weighted by Crippen LogP contribution is 2.37. The van der Waals surface area contributed by atoms with Gasteiger partial charge in [0, 0.05) is 23.9 Å². The first kappa shape index (κ1) is 25.9. The van der Waals surface area contributed by atoms with E-state index in [4.69, 9.17) is 72.3 Å². The lowest BCUT2D eigenvalue weighted by Gasteiger charge is -2.12. The fourth-order valence-corrected chi connectivity index (χ4v) is 3.18. The number of aromatic nitrogens is 1. The molecule has 168 valence electrons. The summed E-state index contributed by atoms with van der Waals surface area (Å²) in [5.74, 6) is 0.921. The minimum Gasteiger partial charge on any atom is -0.490 e. The summed E-state index contributed by atoms with van der Waals surface area (Å²) >= 11 is 29.3. The molecule has 0 spiro atoms. The number of unbranched alkanes of at least 4 members (excludes halogenated alkanes) is 2. The summed E-state index contributed by atoms with van der Waals surface area (Å²) in [4.78, 5) is 9.37. The van der Waals surface area contributed by atoms with E-state index in [1.54, 1.807) is 24.4 Å². The molecule has 0 N–H and O–H groups in total. The van der Waals surface area contributed by atoms with E-state index in [0.717, 1.165) is 30.5 Å². The Morgan fingerprint density at radius 1 is 1.00 bits per heavy atom. The monoisotopic (exact) mass is 524 g/mol. The summed E-state index contributed by atoms with van der Waals surface area (Å²) in [5, 5.41) is 5.27. The Kier molecular flexibility index (Phi) is 11.6. The van der Waals surface area contributed by atoms with E-state index in [-0.39, 0.29) is 11.1 Å². The predicted molar refractivity (Wildman–Crippen MR) is 129 cm³/mol. The van der Waals surface area contributed by atoms with Crippen LogP contribution in [-0.4, -0.2) is 30.5 Å². The van der Waals surface area contributed by atoms with E-state index >= 15 is 0 Å². The molecule has 10 heteroatoms. The normalized spacial score (nSPS) is 11.2. The zero-order valence-electron chi connectivity index (χ0n) is 16.7. The lowest BCUT2D eigenvalue weighted by molar-refractivity contribution is 0.138. The van der Waals surface area contributed by atoms with Gasteiger partial charge in [0.05, 0.1) is 22.4 Å². The third-order valence-electron chi connectivity index (χ3n) is 3.93. The third kappa shape index (κ3) is 9.75. The van der Waals surface area contributed by atoms with Gasteiger partial charge in [0.1, 0.15) is 28.6 Å². The van der Waals surface area contributed by atoms with Crippen molar-refractivity contribution in [3.63, 3.8) is 0 Å². The van der Waals surface area contributed by atoms with Gasteiger partial charge in [-0.3, -0.25) is 0 Å². The molecule has 0 amide bonds. The number of hydrogen-bond donors (Lipinski definition) is 0. The topological polar surface area (TPSA) is 52.9 Å². The van der Waals surface area contributed by atoms with Crippen LogP contribution in [0.2, 0.25) is 15.2 Å². The van der Waals surface area contributed by atoms with Crippen molar-refractivity contribution in [1.82, 2.24) is 4.98 Å². The highest BCUT2D eigenvalue weighted by atomic mass is 35.5. The number of benzene rings is 1. The predicted octanol–water partition coefficient (Wildman–Crippen LogP) is 7.73. The minimum atomic E-state index is 0.128. The SMILES string of the molecule is CC(=NOCCCCCOc1c(Cl)cc(OCC=C(Cl)Cl)cc1Cl)c1ccc(Cl)nc1. The van der Waals surface area contributed by atoms with Gasteiger partial charge in [-0.15, -0.1) is 0 Å². The van der Waals surface area contributed by atoms with Gasteiger partial charge in [0.15, 0.2) is 5.75 Å². The van der Waals surface area contributed by atoms with Crippen LogP contribution in [0.1, 0.15) is 31.7 Å². The minimum absolute atomic E-state index is 0.128. The van der Waals surface area contributed by atoms with Crippen molar-refractivity contribution < 1.29 is 14.3 Å². The molecule has 0 unspecified atom stereocenters. The lowest BCUT2D eigenvalue weighted by atomic mass is 10.2. The average Bonchev–Trinajstić information content (AvgIpc) is 2.71. The summed E-state index contributed by atoms with van der Waals surface area (Å²) in [5.41, 5.74) is 1.60. The third-order valence-corrected chi connectivity index (χ3v) is 5.03. The number of hydrogen-bond acceptors (Lipinski definition) is 5. The molecule has 2 aromatic rings. The standard InChI is InChI=1S/C21H21Cl5N2O3/c1-14(15-5-6-20(26)27-13-15)28-31-9-4-2-3-8-30-21-17(22)11-16(12-18(21)23)29-10-7-19(24)25/h5-7,11-13H,2-4,8-10H2,1H3. The highest BCUT2D eigenvalue weighted by Gasteiger charge is 2.10. The van der Waals surface area contributed by atoms with Crippen molar-refractivity contribution in [3.05, 3.63) is 61.8 Å². The van der Waals surface area contributed by atoms with Gasteiger partial charge in [0.25, 0.3) is 0 Å². The zero-order valence-corrected chi connectivity index (χ0v) is 20.5. The van der Waals surface area contributed by atoms with Gasteiger partial charge >= 0.3 is 0 Å². The van der Waals surface area contributed by atoms with E-state index in [0.29, 0.717) is 39.9 Å². The Balaban J connectivity index is 1.66. The van der Waals surface area contributed by atoms with Crippen LogP contribution in [0.5, 0.6) is 11.5 Å². The van der Waals surface area contributed by atoms with Gasteiger partial charge < -0.3 is 14.3 Å². The van der Waals surface area contributed by atoms with Crippen LogP contribution in [0.4, 0.5) is 0 Å². The lowest BCUT2D eigenvalue weighted by Crippen LogP contribution is -2.01. The molecule has 0 aliphatic heterocycles. The Hall–Kier alpha value is -1.37. The van der Waals surface area contributed by atoms with E-state index in [9.17, 15) is 0 Å². The van der Waals surface area contributed by atoms with Gasteiger partial charge in [-0.1, -0.05) is 63.2 Å². The van der Waals surface area contributed by atoms with Gasteiger partial charge in [-0.2, -0.15) is 0 Å². The van der Waals surface area contributed by atoms with Crippen molar-refractivity contribution >= 4 is 63.7 Å². The first-order chi connectivity index (χ1) is 14.9. The number of halogens is 5. The van der Waals surface area contributed by atoms with E-state index < -0.39 is 0 Å². The van der Waals surface area contributed by atoms with Crippen LogP contribution in [0.15, 0.2) is 46.2 Å². The maximum atomic E-state index is 6.24. The smallest absolute Gasteiger partial charge is 0.156 e. The second-order valence-corrected chi connectivity index (χ2v) is 8.52. The molecule has 0 atom stereocenters. The average molecular weight is 527 g/mol. The van der Waals surface area contributed by atoms with Crippen LogP contribution in [0.3, 0.4) is 0 Å². The molecular formula is C21H21Cl5N2O3. The Morgan fingerprint density at radius 2 is 1.71 bits per heavy atom. The molecule has 0 bridgehead atoms. The molecule has 0 saturated heterocycles. The second-order valence-electron chi connectivity index (χ2n) is 6.31. The number of nitrogens with zero attached hydrogens (tertiary/aromatic N) is 2. The Labute approximate surface area is 206 Å². The molecule has 0 aliphatic carbocycles. The van der Waals surface area contributed by atoms with Crippen LogP contribution >= 0.6 is 58.0 Å². The summed E-state index contributed by atoms with van der Waals surface area (Å²) in [6, 6.07) is 6.81. The van der Waals surface area contributed by atoms with Gasteiger partial charge in [-0.05, 0) is 44.4 Å². The number of ether oxygens (including phenoxy) is 2. The summed E-state index contributed by atoms with van der Waals surface area (Å²) in [6.45, 7) is 3.04. The van der Waals surface area contributed by atoms with Crippen LogP contribution < -0.4 is 9.47 Å². The Morgan fingerprint density at radius 3 is 2.35 bits per heavy atom. The Bertz CT molecular complexity index is 877. The summed E-state index contributed by atoms with van der Waals surface area (Å²) < 4.78 is 11.3. The van der Waals surface area contributed by atoms with E-state index in [1.807, 2.05) is 13.0 Å². The highest BCUT2D eigenvalue weighted by molar-refractivity contribution is 6.55. The first-order valence-electron chi connectivity index (χ1n) is 9.41. The molecular weight excluding hydrogens is 506 g/mol. The van der Waals surface area contributed by atoms with Crippen molar-refractivity contribution in [2.45, 2.75) is 26.2 Å². The molecule has 1 heterocycles. The molecule has 1 aromatic carbocycles. The molecule has 0 fully saturated rings. The fraction of sp³-hybridized carbons (Fsp3) is 0.333. The maximum absolute atomic E-state index is 6.24. The molecule has 2 rings (SSSR count). The van der Waals surface area contributed by atoms with Crippen LogP contribution in [-0.2, 0) is 4.84 Å². The van der Waals surface area contributed by atoms with Gasteiger partial charge in [0.2, 0.25) is 0 Å². The maximum Gasteiger partial charge on any atom is 0.156 e. The van der Waals surface area contributed by atoms with Crippen molar-refractivity contribution in [3.8, 4) is 11.5 Å². The van der Waals surface area contributed by atoms with E-state index in [1.165, 1.54) is 6.08 Å².